The van der Waals surface area contributed by atoms with Crippen LogP contribution in [0, 0.1) is 5.41 Å². The van der Waals surface area contributed by atoms with Gasteiger partial charge in [0.25, 0.3) is 0 Å². The van der Waals surface area contributed by atoms with Crippen molar-refractivity contribution in [1.29, 1.82) is 0 Å². The highest BCUT2D eigenvalue weighted by atomic mass is 14.2. The van der Waals surface area contributed by atoms with Crippen LogP contribution in [0.3, 0.4) is 0 Å². The van der Waals surface area contributed by atoms with E-state index in [4.69, 9.17) is 0 Å². The Bertz CT molecular complexity index is 414. The molecule has 0 heteroatoms. The van der Waals surface area contributed by atoms with E-state index in [-0.39, 0.29) is 5.41 Å². The van der Waals surface area contributed by atoms with Gasteiger partial charge in [-0.2, -0.15) is 0 Å². The van der Waals surface area contributed by atoms with Gasteiger partial charge < -0.3 is 0 Å². The molecule has 0 fully saturated rings. The summed E-state index contributed by atoms with van der Waals surface area (Å²) in [5.41, 5.74) is 3.81. The third kappa shape index (κ3) is 2.73. The Hall–Kier alpha value is -1.56. The van der Waals surface area contributed by atoms with Crippen LogP contribution in [0.5, 0.6) is 0 Å². The standard InChI is InChI=1S/C16H20/c1-6-10-15(16(3,4)5)14-12-9-8-11-13(14)7-2/h6-12H,1-2H2,3-5H3/b15-10+. The molecular formula is C16H20. The Balaban J connectivity index is 3.38. The molecule has 0 radical (unpaired) electrons. The molecule has 0 aliphatic carbocycles. The van der Waals surface area contributed by atoms with E-state index in [1.165, 1.54) is 16.7 Å². The molecule has 0 saturated heterocycles. The molecule has 0 aliphatic rings. The van der Waals surface area contributed by atoms with Gasteiger partial charge in [0.15, 0.2) is 0 Å². The molecule has 16 heavy (non-hydrogen) atoms. The van der Waals surface area contributed by atoms with Crippen molar-refractivity contribution in [2.24, 2.45) is 5.41 Å². The Morgan fingerprint density at radius 1 is 1.12 bits per heavy atom. The second kappa shape index (κ2) is 4.98. The number of allylic oxidation sites excluding steroid dienone is 3. The molecule has 0 aliphatic heterocycles. The van der Waals surface area contributed by atoms with E-state index in [0.29, 0.717) is 0 Å². The molecular weight excluding hydrogens is 192 g/mol. The SMILES string of the molecule is C=C/C=C(\c1ccccc1C=C)C(C)(C)C. The Morgan fingerprint density at radius 3 is 2.25 bits per heavy atom. The minimum Gasteiger partial charge on any atom is -0.0991 e. The Morgan fingerprint density at radius 2 is 1.75 bits per heavy atom. The summed E-state index contributed by atoms with van der Waals surface area (Å²) in [4.78, 5) is 0. The van der Waals surface area contributed by atoms with Crippen molar-refractivity contribution in [3.05, 3.63) is 60.7 Å². The molecule has 0 saturated carbocycles. The van der Waals surface area contributed by atoms with Crippen molar-refractivity contribution < 1.29 is 0 Å². The van der Waals surface area contributed by atoms with Crippen LogP contribution in [0.1, 0.15) is 31.9 Å². The van der Waals surface area contributed by atoms with Gasteiger partial charge in [0.2, 0.25) is 0 Å². The summed E-state index contributed by atoms with van der Waals surface area (Å²) in [6.07, 6.45) is 5.83. The van der Waals surface area contributed by atoms with Gasteiger partial charge in [0.05, 0.1) is 0 Å². The van der Waals surface area contributed by atoms with Gasteiger partial charge in [0, 0.05) is 0 Å². The zero-order chi connectivity index (χ0) is 12.2. The van der Waals surface area contributed by atoms with E-state index in [1.54, 1.807) is 0 Å². The maximum atomic E-state index is 3.86. The van der Waals surface area contributed by atoms with Gasteiger partial charge in [0.1, 0.15) is 0 Å². The first-order valence-corrected chi connectivity index (χ1v) is 5.55. The van der Waals surface area contributed by atoms with Crippen molar-refractivity contribution >= 4 is 11.6 Å². The maximum absolute atomic E-state index is 3.86. The molecule has 0 aromatic heterocycles. The van der Waals surface area contributed by atoms with Gasteiger partial charge in [-0.1, -0.05) is 76.4 Å². The number of rotatable bonds is 3. The summed E-state index contributed by atoms with van der Waals surface area (Å²) >= 11 is 0. The van der Waals surface area contributed by atoms with Gasteiger partial charge in [-0.15, -0.1) is 0 Å². The minimum absolute atomic E-state index is 0.104. The van der Waals surface area contributed by atoms with Crippen LogP contribution in [0.25, 0.3) is 11.6 Å². The zero-order valence-corrected chi connectivity index (χ0v) is 10.5. The number of benzene rings is 1. The van der Waals surface area contributed by atoms with Crippen LogP contribution in [-0.2, 0) is 0 Å². The topological polar surface area (TPSA) is 0 Å². The summed E-state index contributed by atoms with van der Waals surface area (Å²) in [6.45, 7) is 14.3. The lowest BCUT2D eigenvalue weighted by Crippen LogP contribution is -2.09. The van der Waals surface area contributed by atoms with Crippen LogP contribution in [-0.4, -0.2) is 0 Å². The van der Waals surface area contributed by atoms with E-state index in [2.05, 4.69) is 58.2 Å². The highest BCUT2D eigenvalue weighted by Crippen LogP contribution is 2.35. The second-order valence-corrected chi connectivity index (χ2v) is 4.86. The summed E-state index contributed by atoms with van der Waals surface area (Å²) in [5.74, 6) is 0. The molecule has 1 aromatic carbocycles. The van der Waals surface area contributed by atoms with Gasteiger partial charge in [-0.3, -0.25) is 0 Å². The van der Waals surface area contributed by atoms with Crippen molar-refractivity contribution in [3.63, 3.8) is 0 Å². The molecule has 0 N–H and O–H groups in total. The maximum Gasteiger partial charge on any atom is -0.0126 e. The Labute approximate surface area is 99.0 Å². The lowest BCUT2D eigenvalue weighted by molar-refractivity contribution is 0.567. The van der Waals surface area contributed by atoms with Crippen LogP contribution in [0.4, 0.5) is 0 Å². The largest absolute Gasteiger partial charge is 0.0991 e. The van der Waals surface area contributed by atoms with Crippen molar-refractivity contribution in [3.8, 4) is 0 Å². The fourth-order valence-corrected chi connectivity index (χ4v) is 1.78. The molecule has 0 atom stereocenters. The number of hydrogen-bond donors (Lipinski definition) is 0. The van der Waals surface area contributed by atoms with Crippen LogP contribution >= 0.6 is 0 Å². The molecule has 0 unspecified atom stereocenters. The first kappa shape index (κ1) is 12.5. The fourth-order valence-electron chi connectivity index (χ4n) is 1.78. The van der Waals surface area contributed by atoms with E-state index in [9.17, 15) is 0 Å². The predicted molar refractivity (Wildman–Crippen MR) is 74.2 cm³/mol. The lowest BCUT2D eigenvalue weighted by atomic mass is 9.80. The summed E-state index contributed by atoms with van der Waals surface area (Å²) in [6, 6.07) is 8.32. The van der Waals surface area contributed by atoms with E-state index in [1.807, 2.05) is 18.2 Å². The molecule has 0 spiro atoms. The third-order valence-electron chi connectivity index (χ3n) is 2.56. The molecule has 0 bridgehead atoms. The second-order valence-electron chi connectivity index (χ2n) is 4.86. The fraction of sp³-hybridized carbons (Fsp3) is 0.250. The summed E-state index contributed by atoms with van der Waals surface area (Å²) in [7, 11) is 0. The lowest BCUT2D eigenvalue weighted by Gasteiger charge is -2.24. The van der Waals surface area contributed by atoms with Crippen molar-refractivity contribution in [2.75, 3.05) is 0 Å². The van der Waals surface area contributed by atoms with E-state index in [0.717, 1.165) is 0 Å². The Kier molecular flexibility index (Phi) is 3.89. The van der Waals surface area contributed by atoms with Crippen molar-refractivity contribution in [1.82, 2.24) is 0 Å². The van der Waals surface area contributed by atoms with Gasteiger partial charge >= 0.3 is 0 Å². The monoisotopic (exact) mass is 212 g/mol. The smallest absolute Gasteiger partial charge is 0.0126 e. The normalized spacial score (nSPS) is 12.3. The molecule has 0 heterocycles. The molecule has 84 valence electrons. The van der Waals surface area contributed by atoms with Crippen LogP contribution in [0.2, 0.25) is 0 Å². The quantitative estimate of drug-likeness (QED) is 0.622. The first-order valence-electron chi connectivity index (χ1n) is 5.55. The average Bonchev–Trinajstić information content (AvgIpc) is 2.24. The third-order valence-corrected chi connectivity index (χ3v) is 2.56. The zero-order valence-electron chi connectivity index (χ0n) is 10.5. The van der Waals surface area contributed by atoms with Gasteiger partial charge in [-0.05, 0) is 22.1 Å². The minimum atomic E-state index is 0.104. The van der Waals surface area contributed by atoms with Crippen molar-refractivity contribution in [2.45, 2.75) is 20.8 Å². The molecule has 1 aromatic rings. The number of hydrogen-bond acceptors (Lipinski definition) is 0. The molecule has 0 amide bonds. The summed E-state index contributed by atoms with van der Waals surface area (Å²) in [5, 5.41) is 0. The molecule has 0 nitrogen and oxygen atoms in total. The predicted octanol–water partition coefficient (Wildman–Crippen LogP) is 4.95. The van der Waals surface area contributed by atoms with E-state index < -0.39 is 0 Å². The van der Waals surface area contributed by atoms with Gasteiger partial charge in [-0.25, -0.2) is 0 Å². The van der Waals surface area contributed by atoms with Crippen LogP contribution < -0.4 is 0 Å². The highest BCUT2D eigenvalue weighted by Gasteiger charge is 2.19. The van der Waals surface area contributed by atoms with Crippen LogP contribution in [0.15, 0.2) is 49.6 Å². The highest BCUT2D eigenvalue weighted by molar-refractivity contribution is 5.77. The average molecular weight is 212 g/mol. The first-order chi connectivity index (χ1) is 7.50. The summed E-state index contributed by atoms with van der Waals surface area (Å²) < 4.78 is 0. The van der Waals surface area contributed by atoms with E-state index >= 15 is 0 Å². The molecule has 1 rings (SSSR count).